The van der Waals surface area contributed by atoms with E-state index in [9.17, 15) is 0 Å². The van der Waals surface area contributed by atoms with E-state index in [1.54, 1.807) is 11.3 Å². The second-order valence-corrected chi connectivity index (χ2v) is 4.43. The first-order chi connectivity index (χ1) is 7.24. The van der Waals surface area contributed by atoms with Gasteiger partial charge in [0.25, 0.3) is 0 Å². The van der Waals surface area contributed by atoms with Crippen molar-refractivity contribution >= 4 is 11.3 Å². The number of benzene rings is 1. The second-order valence-electron chi connectivity index (χ2n) is 3.37. The van der Waals surface area contributed by atoms with E-state index < -0.39 is 0 Å². The molecule has 0 unspecified atom stereocenters. The molecule has 15 heavy (non-hydrogen) atoms. The summed E-state index contributed by atoms with van der Waals surface area (Å²) in [6.07, 6.45) is 0. The van der Waals surface area contributed by atoms with Gasteiger partial charge in [-0.15, -0.1) is 11.3 Å². The monoisotopic (exact) mass is 213 g/mol. The van der Waals surface area contributed by atoms with Gasteiger partial charge in [0.1, 0.15) is 5.69 Å². The number of hydrogen-bond acceptors (Lipinski definition) is 2. The minimum atomic E-state index is 0.859. The minimum absolute atomic E-state index is 0.859. The summed E-state index contributed by atoms with van der Waals surface area (Å²) in [5.41, 5.74) is 3.15. The Bertz CT molecular complexity index is 511. The summed E-state index contributed by atoms with van der Waals surface area (Å²) < 4.78 is 0. The van der Waals surface area contributed by atoms with Gasteiger partial charge in [-0.25, -0.2) is 4.98 Å². The van der Waals surface area contributed by atoms with Crippen LogP contribution in [0.5, 0.6) is 0 Å². The van der Waals surface area contributed by atoms with Crippen molar-refractivity contribution < 1.29 is 0 Å². The molecule has 1 heterocycles. The lowest BCUT2D eigenvalue weighted by Crippen LogP contribution is -1.77. The Labute approximate surface area is 93.8 Å². The largest absolute Gasteiger partial charge is 0.233 e. The Morgan fingerprint density at radius 2 is 1.80 bits per heavy atom. The van der Waals surface area contributed by atoms with Crippen LogP contribution in [0.2, 0.25) is 0 Å². The van der Waals surface area contributed by atoms with Crippen LogP contribution in [-0.2, 0) is 0 Å². The predicted octanol–water partition coefficient (Wildman–Crippen LogP) is 3.16. The van der Waals surface area contributed by atoms with Crippen molar-refractivity contribution in [1.29, 1.82) is 0 Å². The highest BCUT2D eigenvalue weighted by atomic mass is 32.1. The molecule has 0 bridgehead atoms. The molecule has 0 aliphatic rings. The molecule has 0 saturated carbocycles. The van der Waals surface area contributed by atoms with E-state index in [0.717, 1.165) is 16.3 Å². The molecular weight excluding hydrogens is 202 g/mol. The lowest BCUT2D eigenvalue weighted by atomic mass is 10.1. The molecule has 0 aliphatic carbocycles. The highest BCUT2D eigenvalue weighted by Crippen LogP contribution is 2.07. The molecule has 1 aromatic carbocycles. The first-order valence-corrected chi connectivity index (χ1v) is 5.63. The smallest absolute Gasteiger partial charge is 0.124 e. The van der Waals surface area contributed by atoms with E-state index in [2.05, 4.69) is 35.9 Å². The third kappa shape index (κ3) is 2.68. The van der Waals surface area contributed by atoms with Crippen molar-refractivity contribution in [2.75, 3.05) is 0 Å². The maximum Gasteiger partial charge on any atom is 0.124 e. The van der Waals surface area contributed by atoms with Gasteiger partial charge in [0.05, 0.1) is 5.01 Å². The summed E-state index contributed by atoms with van der Waals surface area (Å²) in [5, 5.41) is 3.04. The van der Waals surface area contributed by atoms with Crippen LogP contribution in [0.1, 0.15) is 21.8 Å². The number of aryl methyl sites for hydroxylation is 2. The highest BCUT2D eigenvalue weighted by molar-refractivity contribution is 7.09. The molecule has 0 fully saturated rings. The van der Waals surface area contributed by atoms with Gasteiger partial charge >= 0.3 is 0 Å². The van der Waals surface area contributed by atoms with Crippen molar-refractivity contribution in [3.05, 3.63) is 51.5 Å². The third-order valence-electron chi connectivity index (χ3n) is 2.01. The van der Waals surface area contributed by atoms with Gasteiger partial charge in [-0.3, -0.25) is 0 Å². The van der Waals surface area contributed by atoms with E-state index in [-0.39, 0.29) is 0 Å². The molecule has 2 aromatic rings. The van der Waals surface area contributed by atoms with E-state index >= 15 is 0 Å². The van der Waals surface area contributed by atoms with E-state index in [1.807, 2.05) is 24.4 Å². The molecule has 1 nitrogen and oxygen atoms in total. The molecule has 0 N–H and O–H groups in total. The summed E-state index contributed by atoms with van der Waals surface area (Å²) in [5.74, 6) is 6.15. The first-order valence-electron chi connectivity index (χ1n) is 4.75. The van der Waals surface area contributed by atoms with Crippen LogP contribution in [0, 0.1) is 25.7 Å². The topological polar surface area (TPSA) is 12.9 Å². The lowest BCUT2D eigenvalue weighted by molar-refractivity contribution is 1.27. The fraction of sp³-hybridized carbons (Fsp3) is 0.154. The van der Waals surface area contributed by atoms with Crippen LogP contribution in [-0.4, -0.2) is 4.98 Å². The van der Waals surface area contributed by atoms with Crippen molar-refractivity contribution in [2.24, 2.45) is 0 Å². The summed E-state index contributed by atoms with van der Waals surface area (Å²) in [7, 11) is 0. The fourth-order valence-corrected chi connectivity index (χ4v) is 1.74. The Morgan fingerprint density at radius 1 is 1.07 bits per heavy atom. The molecule has 0 aliphatic heterocycles. The summed E-state index contributed by atoms with van der Waals surface area (Å²) >= 11 is 1.63. The maximum absolute atomic E-state index is 4.29. The van der Waals surface area contributed by atoms with Crippen molar-refractivity contribution in [1.82, 2.24) is 4.98 Å². The third-order valence-corrected chi connectivity index (χ3v) is 2.78. The van der Waals surface area contributed by atoms with Crippen LogP contribution >= 0.6 is 11.3 Å². The number of thiazole rings is 1. The molecule has 2 rings (SSSR count). The molecule has 1 aromatic heterocycles. The maximum atomic E-state index is 4.29. The first kappa shape index (κ1) is 9.95. The molecule has 2 heteroatoms. The normalized spacial score (nSPS) is 9.47. The zero-order chi connectivity index (χ0) is 10.7. The summed E-state index contributed by atoms with van der Waals surface area (Å²) in [4.78, 5) is 4.29. The van der Waals surface area contributed by atoms with E-state index in [0.29, 0.717) is 0 Å². The molecule has 0 atom stereocenters. The molecule has 0 saturated heterocycles. The quantitative estimate of drug-likeness (QED) is 0.613. The predicted molar refractivity (Wildman–Crippen MR) is 64.0 cm³/mol. The van der Waals surface area contributed by atoms with Gasteiger partial charge in [-0.05, 0) is 31.9 Å². The van der Waals surface area contributed by atoms with Crippen molar-refractivity contribution in [3.8, 4) is 11.8 Å². The Hall–Kier alpha value is -1.59. The van der Waals surface area contributed by atoms with Gasteiger partial charge in [0.15, 0.2) is 0 Å². The standard InChI is InChI=1S/C13H11NS/c1-10-3-5-12(6-4-10)7-8-13-9-15-11(2)14-13/h3-6,9H,1-2H3. The summed E-state index contributed by atoms with van der Waals surface area (Å²) in [6.45, 7) is 4.06. The number of aromatic nitrogens is 1. The Morgan fingerprint density at radius 3 is 2.40 bits per heavy atom. The highest BCUT2D eigenvalue weighted by Gasteiger charge is 1.92. The van der Waals surface area contributed by atoms with Crippen LogP contribution in [0.4, 0.5) is 0 Å². The Balaban J connectivity index is 2.22. The molecule has 0 radical (unpaired) electrons. The molecule has 0 amide bonds. The molecular formula is C13H11NS. The average molecular weight is 213 g/mol. The van der Waals surface area contributed by atoms with Crippen LogP contribution in [0.15, 0.2) is 29.6 Å². The van der Waals surface area contributed by atoms with Crippen LogP contribution < -0.4 is 0 Å². The lowest BCUT2D eigenvalue weighted by Gasteiger charge is -1.90. The minimum Gasteiger partial charge on any atom is -0.233 e. The van der Waals surface area contributed by atoms with Crippen molar-refractivity contribution in [3.63, 3.8) is 0 Å². The van der Waals surface area contributed by atoms with Gasteiger partial charge in [-0.2, -0.15) is 0 Å². The molecule has 0 spiro atoms. The second kappa shape index (κ2) is 4.29. The Kier molecular flexibility index (Phi) is 2.84. The molecule has 74 valence electrons. The van der Waals surface area contributed by atoms with Crippen molar-refractivity contribution in [2.45, 2.75) is 13.8 Å². The zero-order valence-electron chi connectivity index (χ0n) is 8.74. The van der Waals surface area contributed by atoms with Gasteiger partial charge in [-0.1, -0.05) is 23.6 Å². The number of rotatable bonds is 0. The van der Waals surface area contributed by atoms with Crippen LogP contribution in [0.25, 0.3) is 0 Å². The fourth-order valence-electron chi connectivity index (χ4n) is 1.19. The SMILES string of the molecule is Cc1ccc(C#Cc2csc(C)n2)cc1. The van der Waals surface area contributed by atoms with Crippen LogP contribution in [0.3, 0.4) is 0 Å². The van der Waals surface area contributed by atoms with Gasteiger partial charge in [0.2, 0.25) is 0 Å². The van der Waals surface area contributed by atoms with Gasteiger partial charge < -0.3 is 0 Å². The van der Waals surface area contributed by atoms with E-state index in [1.165, 1.54) is 5.56 Å². The summed E-state index contributed by atoms with van der Waals surface area (Å²) in [6, 6.07) is 8.19. The van der Waals surface area contributed by atoms with E-state index in [4.69, 9.17) is 0 Å². The number of hydrogen-bond donors (Lipinski definition) is 0. The van der Waals surface area contributed by atoms with Gasteiger partial charge in [0, 0.05) is 10.9 Å². The number of nitrogens with zero attached hydrogens (tertiary/aromatic N) is 1. The average Bonchev–Trinajstić information content (AvgIpc) is 2.64. The zero-order valence-corrected chi connectivity index (χ0v) is 9.56.